The summed E-state index contributed by atoms with van der Waals surface area (Å²) in [6.07, 6.45) is 3.23. The summed E-state index contributed by atoms with van der Waals surface area (Å²) in [4.78, 5) is 44.4. The largest absolute Gasteiger partial charge is 0.396 e. The molecule has 9 heteroatoms. The molecule has 5 atom stereocenters. The summed E-state index contributed by atoms with van der Waals surface area (Å²) in [7, 11) is 1.57. The van der Waals surface area contributed by atoms with Gasteiger partial charge in [-0.25, -0.2) is 0 Å². The Balaban J connectivity index is 1.62. The summed E-state index contributed by atoms with van der Waals surface area (Å²) >= 11 is 0. The standard InChI is InChI=1S/C27H40N4O5/c1-5-30(6-2)19-12-10-18(11-13-19)29-24(34)22-27-15-14-26(3,36-27)20(23(33)28-4)21(27)25(35)31(22)16-8-7-9-17-32/h10-13,20-22,32H,5-9,14-17H2,1-4H3,(H,28,33)(H,29,34)/t20-,21-,22?,26+,27?/m0/s1. The highest BCUT2D eigenvalue weighted by atomic mass is 16.5. The smallest absolute Gasteiger partial charge is 0.250 e. The molecule has 1 aromatic rings. The number of ether oxygens (including phenoxy) is 1. The van der Waals surface area contributed by atoms with Crippen LogP contribution in [0.15, 0.2) is 24.3 Å². The second-order valence-electron chi connectivity index (χ2n) is 10.4. The number of carbonyl (C=O) groups excluding carboxylic acids is 3. The van der Waals surface area contributed by atoms with Gasteiger partial charge in [0.05, 0.1) is 17.4 Å². The van der Waals surface area contributed by atoms with Crippen LogP contribution in [0, 0.1) is 11.8 Å². The number of nitrogens with one attached hydrogen (secondary N) is 2. The lowest BCUT2D eigenvalue weighted by Crippen LogP contribution is -2.53. The molecular weight excluding hydrogens is 460 g/mol. The highest BCUT2D eigenvalue weighted by Gasteiger charge is 2.77. The Morgan fingerprint density at radius 2 is 1.81 bits per heavy atom. The molecule has 3 amide bonds. The third-order valence-corrected chi connectivity index (χ3v) is 8.37. The molecule has 1 aromatic carbocycles. The fourth-order valence-corrected chi connectivity index (χ4v) is 6.65. The van der Waals surface area contributed by atoms with Crippen LogP contribution < -0.4 is 15.5 Å². The van der Waals surface area contributed by atoms with E-state index in [2.05, 4.69) is 29.4 Å². The predicted octanol–water partition coefficient (Wildman–Crippen LogP) is 2.14. The Kier molecular flexibility index (Phi) is 7.61. The molecule has 2 unspecified atom stereocenters. The average molecular weight is 501 g/mol. The van der Waals surface area contributed by atoms with Crippen LogP contribution in [0.3, 0.4) is 0 Å². The number of likely N-dealkylation sites (tertiary alicyclic amines) is 1. The van der Waals surface area contributed by atoms with E-state index >= 15 is 0 Å². The van der Waals surface area contributed by atoms with Crippen molar-refractivity contribution < 1.29 is 24.2 Å². The number of fused-ring (bicyclic) bond motifs is 1. The first-order valence-electron chi connectivity index (χ1n) is 13.2. The second-order valence-corrected chi connectivity index (χ2v) is 10.4. The number of carbonyl (C=O) groups is 3. The van der Waals surface area contributed by atoms with Crippen LogP contribution >= 0.6 is 0 Å². The molecule has 0 aromatic heterocycles. The number of amides is 3. The van der Waals surface area contributed by atoms with Crippen molar-refractivity contribution in [3.63, 3.8) is 0 Å². The molecule has 3 saturated heterocycles. The number of rotatable bonds is 11. The van der Waals surface area contributed by atoms with Gasteiger partial charge in [-0.1, -0.05) is 0 Å². The second kappa shape index (κ2) is 10.4. The van der Waals surface area contributed by atoms with Crippen LogP contribution in [0.25, 0.3) is 0 Å². The normalized spacial score (nSPS) is 30.4. The Bertz CT molecular complexity index is 981. The van der Waals surface area contributed by atoms with Crippen LogP contribution in [0.5, 0.6) is 0 Å². The van der Waals surface area contributed by atoms with Crippen molar-refractivity contribution in [2.24, 2.45) is 11.8 Å². The van der Waals surface area contributed by atoms with Gasteiger partial charge in [-0.05, 0) is 77.1 Å². The van der Waals surface area contributed by atoms with Gasteiger partial charge < -0.3 is 30.3 Å². The Morgan fingerprint density at radius 3 is 2.42 bits per heavy atom. The predicted molar refractivity (Wildman–Crippen MR) is 138 cm³/mol. The molecule has 3 aliphatic rings. The van der Waals surface area contributed by atoms with Crippen molar-refractivity contribution in [2.45, 2.75) is 70.1 Å². The highest BCUT2D eigenvalue weighted by molar-refractivity contribution is 6.03. The van der Waals surface area contributed by atoms with Gasteiger partial charge >= 0.3 is 0 Å². The Hall–Kier alpha value is -2.65. The first kappa shape index (κ1) is 26.4. The van der Waals surface area contributed by atoms with Crippen molar-refractivity contribution in [1.29, 1.82) is 0 Å². The minimum absolute atomic E-state index is 0.0914. The zero-order valence-corrected chi connectivity index (χ0v) is 21.9. The highest BCUT2D eigenvalue weighted by Crippen LogP contribution is 2.63. The summed E-state index contributed by atoms with van der Waals surface area (Å²) in [6.45, 7) is 8.35. The van der Waals surface area contributed by atoms with Gasteiger partial charge in [-0.2, -0.15) is 0 Å². The third-order valence-electron chi connectivity index (χ3n) is 8.37. The van der Waals surface area contributed by atoms with Crippen molar-refractivity contribution in [1.82, 2.24) is 10.2 Å². The maximum absolute atomic E-state index is 13.8. The first-order valence-corrected chi connectivity index (χ1v) is 13.2. The van der Waals surface area contributed by atoms with Crippen molar-refractivity contribution in [2.75, 3.05) is 43.5 Å². The summed E-state index contributed by atoms with van der Waals surface area (Å²) in [5.41, 5.74) is -0.0548. The van der Waals surface area contributed by atoms with Crippen molar-refractivity contribution >= 4 is 29.1 Å². The number of unbranched alkanes of at least 4 members (excludes halogenated alkanes) is 2. The van der Waals surface area contributed by atoms with Crippen molar-refractivity contribution in [3.8, 4) is 0 Å². The van der Waals surface area contributed by atoms with E-state index in [1.165, 1.54) is 0 Å². The van der Waals surface area contributed by atoms with Crippen LogP contribution in [0.4, 0.5) is 11.4 Å². The maximum Gasteiger partial charge on any atom is 0.250 e. The van der Waals surface area contributed by atoms with E-state index < -0.39 is 29.1 Å². The van der Waals surface area contributed by atoms with E-state index in [-0.39, 0.29) is 24.3 Å². The number of aliphatic hydroxyl groups excluding tert-OH is 1. The molecular formula is C27H40N4O5. The quantitative estimate of drug-likeness (QED) is 0.402. The van der Waals surface area contributed by atoms with Gasteiger partial charge in [0.25, 0.3) is 0 Å². The number of nitrogens with zero attached hydrogens (tertiary/aromatic N) is 2. The van der Waals surface area contributed by atoms with Gasteiger partial charge in [0.1, 0.15) is 11.6 Å². The van der Waals surface area contributed by atoms with Gasteiger partial charge in [-0.3, -0.25) is 14.4 Å². The van der Waals surface area contributed by atoms with Crippen LogP contribution in [0.2, 0.25) is 0 Å². The third kappa shape index (κ3) is 4.26. The molecule has 2 bridgehead atoms. The monoisotopic (exact) mass is 500 g/mol. The molecule has 3 heterocycles. The number of benzene rings is 1. The number of hydrogen-bond donors (Lipinski definition) is 3. The molecule has 0 aliphatic carbocycles. The number of anilines is 2. The van der Waals surface area contributed by atoms with Gasteiger partial charge in [-0.15, -0.1) is 0 Å². The van der Waals surface area contributed by atoms with E-state index in [1.807, 2.05) is 31.2 Å². The zero-order chi connectivity index (χ0) is 26.1. The van der Waals surface area contributed by atoms with E-state index in [0.29, 0.717) is 37.9 Å². The van der Waals surface area contributed by atoms with Gasteiger partial charge in [0.2, 0.25) is 17.7 Å². The minimum Gasteiger partial charge on any atom is -0.396 e. The molecule has 4 rings (SSSR count). The average Bonchev–Trinajstić information content (AvgIpc) is 3.44. The van der Waals surface area contributed by atoms with Gasteiger partial charge in [0.15, 0.2) is 0 Å². The van der Waals surface area contributed by atoms with E-state index in [9.17, 15) is 14.4 Å². The molecule has 9 nitrogen and oxygen atoms in total. The molecule has 1 spiro atoms. The van der Waals surface area contributed by atoms with Crippen LogP contribution in [-0.2, 0) is 19.1 Å². The number of aliphatic hydroxyl groups is 1. The van der Waals surface area contributed by atoms with Crippen LogP contribution in [-0.4, -0.2) is 78.3 Å². The summed E-state index contributed by atoms with van der Waals surface area (Å²) < 4.78 is 6.56. The molecule has 36 heavy (non-hydrogen) atoms. The maximum atomic E-state index is 13.8. The first-order chi connectivity index (χ1) is 17.3. The molecule has 3 N–H and O–H groups in total. The summed E-state index contributed by atoms with van der Waals surface area (Å²) in [5.74, 6) is -2.01. The molecule has 3 aliphatic heterocycles. The zero-order valence-electron chi connectivity index (χ0n) is 21.9. The molecule has 0 radical (unpaired) electrons. The fourth-order valence-electron chi connectivity index (χ4n) is 6.65. The number of hydrogen-bond acceptors (Lipinski definition) is 6. The summed E-state index contributed by atoms with van der Waals surface area (Å²) in [6, 6.07) is 6.91. The fraction of sp³-hybridized carbons (Fsp3) is 0.667. The molecule has 0 saturated carbocycles. The Morgan fingerprint density at radius 1 is 1.11 bits per heavy atom. The molecule has 198 valence electrons. The van der Waals surface area contributed by atoms with Gasteiger partial charge in [0, 0.05) is 44.7 Å². The topological polar surface area (TPSA) is 111 Å². The Labute approximate surface area is 213 Å². The van der Waals surface area contributed by atoms with E-state index in [1.54, 1.807) is 11.9 Å². The van der Waals surface area contributed by atoms with E-state index in [0.717, 1.165) is 25.2 Å². The van der Waals surface area contributed by atoms with E-state index in [4.69, 9.17) is 9.84 Å². The van der Waals surface area contributed by atoms with Crippen molar-refractivity contribution in [3.05, 3.63) is 24.3 Å². The molecule has 3 fully saturated rings. The lowest BCUT2D eigenvalue weighted by molar-refractivity contribution is -0.144. The SMILES string of the molecule is CCN(CC)c1ccc(NC(=O)C2N(CCCCCO)C(=O)[C@@H]3[C@@H](C(=O)NC)[C@@]4(C)CCC23O4)cc1. The van der Waals surface area contributed by atoms with Crippen LogP contribution in [0.1, 0.15) is 52.9 Å². The minimum atomic E-state index is -1.02. The summed E-state index contributed by atoms with van der Waals surface area (Å²) in [5, 5.41) is 14.9. The lowest BCUT2D eigenvalue weighted by atomic mass is 9.66. The lowest BCUT2D eigenvalue weighted by Gasteiger charge is -2.33.